The lowest BCUT2D eigenvalue weighted by Crippen LogP contribution is -2.55. The van der Waals surface area contributed by atoms with Gasteiger partial charge < -0.3 is 41.2 Å². The van der Waals surface area contributed by atoms with E-state index in [9.17, 15) is 24.0 Å². The number of nitrogens with zero attached hydrogens (tertiary/aromatic N) is 1. The second-order valence-electron chi connectivity index (χ2n) is 8.21. The number of nitrogens with two attached hydrogens (primary N) is 1. The van der Waals surface area contributed by atoms with Gasteiger partial charge in [-0.05, 0) is 31.6 Å². The number of ether oxygens (including phenoxy) is 1. The number of amides is 3. The molecule has 0 aromatic carbocycles. The molecule has 0 spiro atoms. The van der Waals surface area contributed by atoms with E-state index in [1.165, 1.54) is 4.90 Å². The molecule has 1 fully saturated rings. The third kappa shape index (κ3) is 10.2. The number of carbonyl (C=O) groups is 5. The van der Waals surface area contributed by atoms with Gasteiger partial charge in [0.1, 0.15) is 18.4 Å². The Bertz CT molecular complexity index is 730. The highest BCUT2D eigenvalue weighted by atomic mass is 16.5. The number of carboxylic acid groups (broad SMARTS) is 1. The molecule has 0 aromatic heterocycles. The van der Waals surface area contributed by atoms with Crippen LogP contribution < -0.4 is 21.7 Å². The molecule has 0 unspecified atom stereocenters. The highest BCUT2D eigenvalue weighted by molar-refractivity contribution is 5.94. The molecule has 7 N–H and O–H groups in total. The summed E-state index contributed by atoms with van der Waals surface area (Å²) in [6.07, 6.45) is 0.638. The minimum atomic E-state index is -1.39. The first-order chi connectivity index (χ1) is 15.5. The Kier molecular flexibility index (Phi) is 11.7. The molecule has 1 rings (SSSR count). The van der Waals surface area contributed by atoms with E-state index in [0.29, 0.717) is 38.5 Å². The number of guanidine groups is 1. The first-order valence-corrected chi connectivity index (χ1v) is 10.8. The molecule has 3 atom stereocenters. The van der Waals surface area contributed by atoms with Crippen LogP contribution in [0.5, 0.6) is 0 Å². The Labute approximate surface area is 192 Å². The SMILES string of the molecule is CC(C)COC(=O)N[C@@H](CC(=O)O)C(=O)N1CCC[C@H]1C(=O)N[C@H](C=O)CCCNC(=N)N. The Morgan fingerprint density at radius 2 is 1.97 bits per heavy atom. The van der Waals surface area contributed by atoms with Gasteiger partial charge in [0.25, 0.3) is 0 Å². The van der Waals surface area contributed by atoms with E-state index >= 15 is 0 Å². The van der Waals surface area contributed by atoms with Crippen LogP contribution in [0, 0.1) is 11.3 Å². The lowest BCUT2D eigenvalue weighted by atomic mass is 10.1. The van der Waals surface area contributed by atoms with Crippen LogP contribution in [0.1, 0.15) is 46.0 Å². The fourth-order valence-electron chi connectivity index (χ4n) is 3.30. The zero-order valence-corrected chi connectivity index (χ0v) is 19.0. The van der Waals surface area contributed by atoms with Gasteiger partial charge in [-0.15, -0.1) is 0 Å². The van der Waals surface area contributed by atoms with Crippen LogP contribution in [0.4, 0.5) is 4.79 Å². The van der Waals surface area contributed by atoms with Gasteiger partial charge in [0, 0.05) is 13.1 Å². The molecule has 0 aromatic rings. The monoisotopic (exact) mass is 470 g/mol. The number of alkyl carbamates (subject to hydrolysis) is 1. The minimum Gasteiger partial charge on any atom is -0.481 e. The van der Waals surface area contributed by atoms with Crippen molar-refractivity contribution in [3.63, 3.8) is 0 Å². The van der Waals surface area contributed by atoms with Gasteiger partial charge in [-0.2, -0.15) is 0 Å². The van der Waals surface area contributed by atoms with Crippen molar-refractivity contribution >= 4 is 36.1 Å². The Hall–Kier alpha value is -3.38. The lowest BCUT2D eigenvalue weighted by Gasteiger charge is -2.28. The molecule has 33 heavy (non-hydrogen) atoms. The van der Waals surface area contributed by atoms with Crippen molar-refractivity contribution in [2.45, 2.75) is 64.1 Å². The molecule has 1 heterocycles. The van der Waals surface area contributed by atoms with Gasteiger partial charge in [-0.25, -0.2) is 4.79 Å². The van der Waals surface area contributed by atoms with E-state index in [2.05, 4.69) is 16.0 Å². The maximum Gasteiger partial charge on any atom is 0.407 e. The minimum absolute atomic E-state index is 0.0556. The zero-order chi connectivity index (χ0) is 25.0. The molecule has 13 heteroatoms. The maximum absolute atomic E-state index is 13.0. The molecule has 1 aliphatic rings. The number of likely N-dealkylation sites (tertiary alicyclic amines) is 1. The number of carbonyl (C=O) groups excluding carboxylic acids is 4. The van der Waals surface area contributed by atoms with E-state index in [0.717, 1.165) is 0 Å². The molecular weight excluding hydrogens is 436 g/mol. The second kappa shape index (κ2) is 13.9. The summed E-state index contributed by atoms with van der Waals surface area (Å²) >= 11 is 0. The highest BCUT2D eigenvalue weighted by Gasteiger charge is 2.39. The van der Waals surface area contributed by atoms with E-state index in [-0.39, 0.29) is 25.0 Å². The summed E-state index contributed by atoms with van der Waals surface area (Å²) in [6, 6.07) is -3.07. The molecule has 13 nitrogen and oxygen atoms in total. The van der Waals surface area contributed by atoms with Gasteiger partial charge in [-0.3, -0.25) is 19.8 Å². The fourth-order valence-corrected chi connectivity index (χ4v) is 3.30. The van der Waals surface area contributed by atoms with Crippen LogP contribution in [0.2, 0.25) is 0 Å². The largest absolute Gasteiger partial charge is 0.481 e. The topological polar surface area (TPSA) is 204 Å². The maximum atomic E-state index is 13.0. The zero-order valence-electron chi connectivity index (χ0n) is 19.0. The van der Waals surface area contributed by atoms with Crippen LogP contribution in [-0.2, 0) is 23.9 Å². The summed E-state index contributed by atoms with van der Waals surface area (Å²) in [5.74, 6) is -2.67. The number of rotatable bonds is 13. The molecule has 0 saturated carbocycles. The number of hydrogen-bond donors (Lipinski definition) is 6. The summed E-state index contributed by atoms with van der Waals surface area (Å²) in [7, 11) is 0. The van der Waals surface area contributed by atoms with E-state index in [1.54, 1.807) is 0 Å². The summed E-state index contributed by atoms with van der Waals surface area (Å²) in [6.45, 7) is 4.33. The Morgan fingerprint density at radius 3 is 2.55 bits per heavy atom. The van der Waals surface area contributed by atoms with Crippen LogP contribution in [-0.4, -0.2) is 84.0 Å². The Morgan fingerprint density at radius 1 is 1.27 bits per heavy atom. The van der Waals surface area contributed by atoms with Gasteiger partial charge in [-0.1, -0.05) is 13.8 Å². The number of hydrogen-bond acceptors (Lipinski definition) is 7. The summed E-state index contributed by atoms with van der Waals surface area (Å²) < 4.78 is 4.97. The summed E-state index contributed by atoms with van der Waals surface area (Å²) in [5, 5.41) is 23.7. The first kappa shape index (κ1) is 27.7. The standard InChI is InChI=1S/C20H34N6O7/c1-12(2)11-33-20(32)25-14(9-16(28)29)18(31)26-8-4-6-15(26)17(30)24-13(10-27)5-3-7-23-19(21)22/h10,12-15H,3-9,11H2,1-2H3,(H,24,30)(H,25,32)(H,28,29)(H4,21,22,23)/t13-,14-,15-/m0/s1. The van der Waals surface area contributed by atoms with Crippen molar-refractivity contribution in [1.82, 2.24) is 20.9 Å². The molecule has 0 aliphatic carbocycles. The molecule has 0 bridgehead atoms. The first-order valence-electron chi connectivity index (χ1n) is 10.8. The number of aldehydes is 1. The van der Waals surface area contributed by atoms with Gasteiger partial charge in [0.05, 0.1) is 19.1 Å². The van der Waals surface area contributed by atoms with E-state index in [1.807, 2.05) is 13.8 Å². The van der Waals surface area contributed by atoms with Crippen molar-refractivity contribution in [2.24, 2.45) is 11.7 Å². The van der Waals surface area contributed by atoms with E-state index < -0.39 is 48.4 Å². The number of aliphatic carboxylic acids is 1. The van der Waals surface area contributed by atoms with Crippen LogP contribution in [0.25, 0.3) is 0 Å². The predicted molar refractivity (Wildman–Crippen MR) is 117 cm³/mol. The highest BCUT2D eigenvalue weighted by Crippen LogP contribution is 2.20. The quantitative estimate of drug-likeness (QED) is 0.0857. The third-order valence-electron chi connectivity index (χ3n) is 4.85. The molecule has 3 amide bonds. The van der Waals surface area contributed by atoms with Gasteiger partial charge in [0.15, 0.2) is 5.96 Å². The van der Waals surface area contributed by atoms with Crippen molar-refractivity contribution in [3.8, 4) is 0 Å². The van der Waals surface area contributed by atoms with Crippen LogP contribution in [0.15, 0.2) is 0 Å². The van der Waals surface area contributed by atoms with Crippen molar-refractivity contribution in [2.75, 3.05) is 19.7 Å². The molecule has 0 radical (unpaired) electrons. The summed E-state index contributed by atoms with van der Waals surface area (Å²) in [5.41, 5.74) is 5.19. The number of carboxylic acids is 1. The third-order valence-corrected chi connectivity index (χ3v) is 4.85. The van der Waals surface area contributed by atoms with Crippen molar-refractivity contribution in [1.29, 1.82) is 5.41 Å². The van der Waals surface area contributed by atoms with Crippen LogP contribution >= 0.6 is 0 Å². The molecule has 1 saturated heterocycles. The lowest BCUT2D eigenvalue weighted by molar-refractivity contribution is -0.144. The average molecular weight is 471 g/mol. The van der Waals surface area contributed by atoms with Crippen molar-refractivity contribution in [3.05, 3.63) is 0 Å². The van der Waals surface area contributed by atoms with Crippen molar-refractivity contribution < 1.29 is 33.8 Å². The summed E-state index contributed by atoms with van der Waals surface area (Å²) in [4.78, 5) is 61.6. The van der Waals surface area contributed by atoms with E-state index in [4.69, 9.17) is 21.0 Å². The predicted octanol–water partition coefficient (Wildman–Crippen LogP) is -0.850. The Balaban J connectivity index is 2.77. The number of nitrogens with one attached hydrogen (secondary N) is 4. The molecular formula is C20H34N6O7. The average Bonchev–Trinajstić information content (AvgIpc) is 3.22. The fraction of sp³-hybridized carbons (Fsp3) is 0.700. The normalized spacial score (nSPS) is 17.1. The second-order valence-corrected chi connectivity index (χ2v) is 8.21. The van der Waals surface area contributed by atoms with Crippen LogP contribution in [0.3, 0.4) is 0 Å². The molecule has 186 valence electrons. The smallest absolute Gasteiger partial charge is 0.407 e. The van der Waals surface area contributed by atoms with Gasteiger partial charge >= 0.3 is 12.1 Å². The van der Waals surface area contributed by atoms with Gasteiger partial charge in [0.2, 0.25) is 11.8 Å². The molecule has 1 aliphatic heterocycles.